The van der Waals surface area contributed by atoms with Crippen LogP contribution in [0.15, 0.2) is 54.6 Å². The van der Waals surface area contributed by atoms with E-state index in [0.29, 0.717) is 104 Å². The SMILES string of the molecule is CC[C@H](C(=O)N1CCCC[C@H]1C(=O)O[C@H](CCc1ccc(OC)c(OC)c1)c1cccc(OCC(=O)NCCOCCN)c1)c1cc(OC)c(OC)c(OC)c1. The number of carbonyl (C=O) groups is 3. The number of nitrogens with two attached hydrogens (primary N) is 1. The van der Waals surface area contributed by atoms with Gasteiger partial charge >= 0.3 is 5.97 Å². The molecule has 1 saturated heterocycles. The lowest BCUT2D eigenvalue weighted by Crippen LogP contribution is -2.50. The zero-order chi connectivity index (χ0) is 40.5. The molecule has 3 atom stereocenters. The fraction of sp³-hybridized carbons (Fsp3) is 0.500. The smallest absolute Gasteiger partial charge is 0.329 e. The van der Waals surface area contributed by atoms with Gasteiger partial charge in [0.2, 0.25) is 11.7 Å². The minimum absolute atomic E-state index is 0.176. The van der Waals surface area contributed by atoms with Crippen LogP contribution in [0.25, 0.3) is 0 Å². The van der Waals surface area contributed by atoms with Crippen LogP contribution in [-0.4, -0.2) is 104 Å². The van der Waals surface area contributed by atoms with Crippen molar-refractivity contribution in [2.24, 2.45) is 5.73 Å². The number of hydrogen-bond donors (Lipinski definition) is 2. The van der Waals surface area contributed by atoms with Crippen LogP contribution in [0.2, 0.25) is 0 Å². The summed E-state index contributed by atoms with van der Waals surface area (Å²) in [6.07, 6.45) is 2.72. The Hall–Kier alpha value is -5.21. The standard InChI is InChI=1S/C42H57N3O11/c1-7-32(30-25-37(51-4)40(53-6)38(26-30)52-5)41(47)45-20-9-8-13-33(45)42(48)56-34(16-14-28-15-17-35(49-2)36(23-28)50-3)29-11-10-12-31(24-29)55-27-39(46)44-19-22-54-21-18-43/h10-12,15,17,23-26,32-34H,7-9,13-14,16,18-22,27,43H2,1-6H3,(H,44,46)/t32-,33-,34+/m0/s1. The molecule has 14 heteroatoms. The van der Waals surface area contributed by atoms with Crippen LogP contribution in [0.4, 0.5) is 0 Å². The summed E-state index contributed by atoms with van der Waals surface area (Å²) < 4.78 is 45.1. The molecule has 1 aliphatic heterocycles. The molecular weight excluding hydrogens is 722 g/mol. The van der Waals surface area contributed by atoms with Crippen LogP contribution in [-0.2, 0) is 30.3 Å². The number of rotatable bonds is 22. The Bertz CT molecular complexity index is 1710. The van der Waals surface area contributed by atoms with Crippen LogP contribution < -0.4 is 39.5 Å². The average Bonchev–Trinajstić information content (AvgIpc) is 3.23. The number of methoxy groups -OCH3 is 5. The molecule has 0 aliphatic carbocycles. The Labute approximate surface area is 329 Å². The van der Waals surface area contributed by atoms with E-state index in [-0.39, 0.29) is 18.4 Å². The van der Waals surface area contributed by atoms with Gasteiger partial charge in [0.1, 0.15) is 17.9 Å². The summed E-state index contributed by atoms with van der Waals surface area (Å²) in [6.45, 7) is 3.65. The number of hydrogen-bond acceptors (Lipinski definition) is 12. The summed E-state index contributed by atoms with van der Waals surface area (Å²) in [5.41, 5.74) is 7.77. The summed E-state index contributed by atoms with van der Waals surface area (Å²) in [4.78, 5) is 42.8. The maximum Gasteiger partial charge on any atom is 0.329 e. The Kier molecular flexibility index (Phi) is 17.4. The zero-order valence-electron chi connectivity index (χ0n) is 33.4. The van der Waals surface area contributed by atoms with Crippen molar-refractivity contribution in [3.63, 3.8) is 0 Å². The molecule has 0 bridgehead atoms. The number of benzene rings is 3. The average molecular weight is 780 g/mol. The van der Waals surface area contributed by atoms with Gasteiger partial charge < -0.3 is 53.8 Å². The number of piperidine rings is 1. The number of amides is 2. The highest BCUT2D eigenvalue weighted by atomic mass is 16.5. The van der Waals surface area contributed by atoms with Crippen molar-refractivity contribution in [1.82, 2.24) is 10.2 Å². The van der Waals surface area contributed by atoms with Crippen LogP contribution in [0.5, 0.6) is 34.5 Å². The number of ether oxygens (including phenoxy) is 8. The predicted molar refractivity (Wildman–Crippen MR) is 210 cm³/mol. The summed E-state index contributed by atoms with van der Waals surface area (Å²) in [6, 6.07) is 15.6. The Morgan fingerprint density at radius 1 is 0.839 bits per heavy atom. The van der Waals surface area contributed by atoms with Gasteiger partial charge in [-0.2, -0.15) is 0 Å². The van der Waals surface area contributed by atoms with E-state index in [9.17, 15) is 14.4 Å². The van der Waals surface area contributed by atoms with Crippen molar-refractivity contribution in [3.05, 3.63) is 71.3 Å². The highest BCUT2D eigenvalue weighted by molar-refractivity contribution is 5.89. The molecule has 2 amide bonds. The molecule has 4 rings (SSSR count). The number of carbonyl (C=O) groups excluding carboxylic acids is 3. The molecule has 306 valence electrons. The monoisotopic (exact) mass is 779 g/mol. The summed E-state index contributed by atoms with van der Waals surface area (Å²) in [7, 11) is 7.75. The van der Waals surface area contributed by atoms with Crippen LogP contribution in [0.3, 0.4) is 0 Å². The van der Waals surface area contributed by atoms with E-state index in [1.54, 1.807) is 49.5 Å². The third kappa shape index (κ3) is 11.7. The van der Waals surface area contributed by atoms with E-state index < -0.39 is 24.0 Å². The molecule has 3 N–H and O–H groups in total. The van der Waals surface area contributed by atoms with Gasteiger partial charge in [-0.3, -0.25) is 9.59 Å². The molecule has 0 aromatic heterocycles. The van der Waals surface area contributed by atoms with Gasteiger partial charge in [0.05, 0.1) is 54.7 Å². The minimum Gasteiger partial charge on any atom is -0.493 e. The van der Waals surface area contributed by atoms with Gasteiger partial charge in [0, 0.05) is 19.6 Å². The lowest BCUT2D eigenvalue weighted by atomic mass is 9.91. The van der Waals surface area contributed by atoms with Gasteiger partial charge in [-0.1, -0.05) is 25.1 Å². The summed E-state index contributed by atoms with van der Waals surface area (Å²) in [5.74, 6) is 1.42. The summed E-state index contributed by atoms with van der Waals surface area (Å²) in [5, 5.41) is 2.75. The van der Waals surface area contributed by atoms with E-state index >= 15 is 0 Å². The Morgan fingerprint density at radius 2 is 1.57 bits per heavy atom. The fourth-order valence-corrected chi connectivity index (χ4v) is 6.79. The number of nitrogens with zero attached hydrogens (tertiary/aromatic N) is 1. The van der Waals surface area contributed by atoms with Gasteiger partial charge in [0.25, 0.3) is 5.91 Å². The molecule has 0 radical (unpaired) electrons. The van der Waals surface area contributed by atoms with Gasteiger partial charge in [0.15, 0.2) is 29.6 Å². The third-order valence-corrected chi connectivity index (χ3v) is 9.69. The van der Waals surface area contributed by atoms with Crippen molar-refractivity contribution in [2.45, 2.75) is 63.5 Å². The first-order chi connectivity index (χ1) is 27.2. The molecular formula is C42H57N3O11. The fourth-order valence-electron chi connectivity index (χ4n) is 6.79. The topological polar surface area (TPSA) is 166 Å². The zero-order valence-corrected chi connectivity index (χ0v) is 33.4. The maximum atomic E-state index is 14.4. The number of aryl methyl sites for hydroxylation is 1. The molecule has 14 nitrogen and oxygen atoms in total. The lowest BCUT2D eigenvalue weighted by molar-refractivity contribution is -0.162. The maximum absolute atomic E-state index is 14.4. The van der Waals surface area contributed by atoms with Crippen molar-refractivity contribution in [3.8, 4) is 34.5 Å². The molecule has 0 saturated carbocycles. The lowest BCUT2D eigenvalue weighted by Gasteiger charge is -2.37. The number of likely N-dealkylation sites (tertiary alicyclic amines) is 1. The van der Waals surface area contributed by atoms with Crippen LogP contribution >= 0.6 is 0 Å². The molecule has 0 unspecified atom stereocenters. The molecule has 1 heterocycles. The van der Waals surface area contributed by atoms with E-state index in [1.807, 2.05) is 31.2 Å². The number of nitrogens with one attached hydrogen (secondary N) is 1. The van der Waals surface area contributed by atoms with Gasteiger partial charge in [-0.25, -0.2) is 4.79 Å². The first-order valence-corrected chi connectivity index (χ1v) is 19.0. The van der Waals surface area contributed by atoms with Gasteiger partial charge in [-0.05, 0) is 91.6 Å². The molecule has 56 heavy (non-hydrogen) atoms. The van der Waals surface area contributed by atoms with Crippen LogP contribution in [0, 0.1) is 0 Å². The normalized spacial score (nSPS) is 14.9. The molecule has 1 aliphatic rings. The molecule has 3 aromatic rings. The molecule has 0 spiro atoms. The summed E-state index contributed by atoms with van der Waals surface area (Å²) >= 11 is 0. The molecule has 1 fully saturated rings. The van der Waals surface area contributed by atoms with Crippen LogP contribution in [0.1, 0.15) is 67.7 Å². The minimum atomic E-state index is -0.784. The largest absolute Gasteiger partial charge is 0.493 e. The van der Waals surface area contributed by atoms with Crippen molar-refractivity contribution < 1.29 is 52.3 Å². The second kappa shape index (κ2) is 22.4. The van der Waals surface area contributed by atoms with Crippen molar-refractivity contribution in [2.75, 3.05) is 75.0 Å². The van der Waals surface area contributed by atoms with E-state index in [4.69, 9.17) is 43.6 Å². The Morgan fingerprint density at radius 3 is 2.23 bits per heavy atom. The first-order valence-electron chi connectivity index (χ1n) is 19.0. The van der Waals surface area contributed by atoms with Gasteiger partial charge in [-0.15, -0.1) is 0 Å². The van der Waals surface area contributed by atoms with E-state index in [0.717, 1.165) is 18.4 Å². The highest BCUT2D eigenvalue weighted by Crippen LogP contribution is 2.41. The Balaban J connectivity index is 1.57. The van der Waals surface area contributed by atoms with E-state index in [2.05, 4.69) is 5.32 Å². The van der Waals surface area contributed by atoms with Crippen molar-refractivity contribution in [1.29, 1.82) is 0 Å². The molecule has 3 aromatic carbocycles. The third-order valence-electron chi connectivity index (χ3n) is 9.69. The van der Waals surface area contributed by atoms with Crippen molar-refractivity contribution >= 4 is 17.8 Å². The second-order valence-corrected chi connectivity index (χ2v) is 13.2. The predicted octanol–water partition coefficient (Wildman–Crippen LogP) is 4.99. The van der Waals surface area contributed by atoms with E-state index in [1.165, 1.54) is 21.3 Å². The first kappa shape index (κ1) is 43.5. The number of esters is 1. The quantitative estimate of drug-likeness (QED) is 0.104. The highest BCUT2D eigenvalue weighted by Gasteiger charge is 2.38. The second-order valence-electron chi connectivity index (χ2n) is 13.2.